The molecule has 1 aromatic heterocycles. The van der Waals surface area contributed by atoms with E-state index in [1.54, 1.807) is 11.3 Å². The Hall–Kier alpha value is -0.410. The predicted molar refractivity (Wildman–Crippen MR) is 42.2 cm³/mol. The summed E-state index contributed by atoms with van der Waals surface area (Å²) in [5.74, 6) is 0.582. The van der Waals surface area contributed by atoms with Gasteiger partial charge in [-0.25, -0.2) is 4.98 Å². The first-order valence-electron chi connectivity index (χ1n) is 3.45. The molecule has 1 fully saturated rings. The van der Waals surface area contributed by atoms with Gasteiger partial charge in [0.05, 0.1) is 5.01 Å². The van der Waals surface area contributed by atoms with Gasteiger partial charge < -0.3 is 5.73 Å². The average Bonchev–Trinajstić information content (AvgIpc) is 2.42. The smallest absolute Gasteiger partial charge is 0.0975 e. The number of nitrogens with two attached hydrogens (primary N) is 1. The highest BCUT2D eigenvalue weighted by molar-refractivity contribution is 7.09. The van der Waals surface area contributed by atoms with E-state index in [4.69, 9.17) is 5.73 Å². The molecule has 2 atom stereocenters. The van der Waals surface area contributed by atoms with E-state index in [1.165, 1.54) is 5.01 Å². The fraction of sp³-hybridized carbons (Fsp3) is 0.571. The highest BCUT2D eigenvalue weighted by Gasteiger charge is 2.36. The van der Waals surface area contributed by atoms with Gasteiger partial charge in [-0.15, -0.1) is 11.3 Å². The molecule has 54 valence electrons. The van der Waals surface area contributed by atoms with Crippen molar-refractivity contribution in [3.63, 3.8) is 0 Å². The van der Waals surface area contributed by atoms with Crippen LogP contribution in [0.2, 0.25) is 0 Å². The molecule has 2 rings (SSSR count). The number of aromatic nitrogens is 1. The summed E-state index contributed by atoms with van der Waals surface area (Å²) in [4.78, 5) is 4.36. The average molecular weight is 154 g/mol. The number of rotatable bonds is 1. The summed E-state index contributed by atoms with van der Waals surface area (Å²) in [6.45, 7) is 2.02. The number of thiazole rings is 1. The molecule has 1 aliphatic rings. The van der Waals surface area contributed by atoms with Gasteiger partial charge in [0, 0.05) is 23.0 Å². The van der Waals surface area contributed by atoms with Gasteiger partial charge in [0.1, 0.15) is 0 Å². The maximum Gasteiger partial charge on any atom is 0.0975 e. The van der Waals surface area contributed by atoms with Gasteiger partial charge in [0.25, 0.3) is 0 Å². The lowest BCUT2D eigenvalue weighted by Crippen LogP contribution is -2.00. The first-order valence-corrected chi connectivity index (χ1v) is 4.33. The Morgan fingerprint density at radius 1 is 1.80 bits per heavy atom. The van der Waals surface area contributed by atoms with E-state index in [-0.39, 0.29) is 0 Å². The van der Waals surface area contributed by atoms with E-state index in [0.717, 1.165) is 12.1 Å². The third kappa shape index (κ3) is 0.954. The van der Waals surface area contributed by atoms with Crippen molar-refractivity contribution in [3.8, 4) is 0 Å². The maximum absolute atomic E-state index is 5.67. The predicted octanol–water partition coefficient (Wildman–Crippen LogP) is 1.27. The molecule has 1 saturated carbocycles. The maximum atomic E-state index is 5.67. The fourth-order valence-corrected chi connectivity index (χ4v) is 2.03. The molecule has 2 N–H and O–H groups in total. The number of hydrogen-bond donors (Lipinski definition) is 1. The molecular weight excluding hydrogens is 144 g/mol. The van der Waals surface area contributed by atoms with Crippen LogP contribution in [0.25, 0.3) is 0 Å². The Balaban J connectivity index is 2.20. The van der Waals surface area contributed by atoms with Gasteiger partial charge in [0.15, 0.2) is 0 Å². The highest BCUT2D eigenvalue weighted by Crippen LogP contribution is 2.40. The standard InChI is InChI=1S/C7H10N2S/c1-4-3-10-7(9-4)5-2-6(5)8/h3,5-6H,2,8H2,1H3/t5-,6-/m1/s1. The Morgan fingerprint density at radius 3 is 2.90 bits per heavy atom. The van der Waals surface area contributed by atoms with Gasteiger partial charge in [-0.3, -0.25) is 0 Å². The Kier molecular flexibility index (Phi) is 1.28. The molecule has 1 aliphatic carbocycles. The van der Waals surface area contributed by atoms with Crippen molar-refractivity contribution in [1.29, 1.82) is 0 Å². The summed E-state index contributed by atoms with van der Waals surface area (Å²) in [6.07, 6.45) is 1.13. The summed E-state index contributed by atoms with van der Waals surface area (Å²) in [5, 5.41) is 3.31. The normalized spacial score (nSPS) is 30.6. The van der Waals surface area contributed by atoms with E-state index in [0.29, 0.717) is 12.0 Å². The van der Waals surface area contributed by atoms with E-state index in [2.05, 4.69) is 10.4 Å². The lowest BCUT2D eigenvalue weighted by Gasteiger charge is -1.85. The first-order chi connectivity index (χ1) is 4.77. The molecule has 0 aliphatic heterocycles. The van der Waals surface area contributed by atoms with E-state index < -0.39 is 0 Å². The van der Waals surface area contributed by atoms with E-state index >= 15 is 0 Å². The lowest BCUT2D eigenvalue weighted by atomic mass is 10.4. The number of aryl methyl sites for hydroxylation is 1. The van der Waals surface area contributed by atoms with Crippen LogP contribution in [0.3, 0.4) is 0 Å². The fourth-order valence-electron chi connectivity index (χ4n) is 1.04. The monoisotopic (exact) mass is 154 g/mol. The third-order valence-corrected chi connectivity index (χ3v) is 2.89. The van der Waals surface area contributed by atoms with E-state index in [9.17, 15) is 0 Å². The van der Waals surface area contributed by atoms with Crippen molar-refractivity contribution < 1.29 is 0 Å². The number of hydrogen-bond acceptors (Lipinski definition) is 3. The van der Waals surface area contributed by atoms with Crippen LogP contribution < -0.4 is 5.73 Å². The van der Waals surface area contributed by atoms with Gasteiger partial charge in [-0.05, 0) is 13.3 Å². The SMILES string of the molecule is Cc1csc([C@@H]2C[C@H]2N)n1. The minimum Gasteiger partial charge on any atom is -0.327 e. The molecule has 0 unspecified atom stereocenters. The summed E-state index contributed by atoms with van der Waals surface area (Å²) in [5.41, 5.74) is 6.80. The van der Waals surface area contributed by atoms with Crippen LogP contribution in [0, 0.1) is 6.92 Å². The molecule has 1 heterocycles. The zero-order valence-electron chi connectivity index (χ0n) is 5.87. The van der Waals surface area contributed by atoms with Crippen molar-refractivity contribution in [2.24, 2.45) is 5.73 Å². The van der Waals surface area contributed by atoms with Crippen molar-refractivity contribution in [2.75, 3.05) is 0 Å². The van der Waals surface area contributed by atoms with Gasteiger partial charge in [0.2, 0.25) is 0 Å². The largest absolute Gasteiger partial charge is 0.327 e. The van der Waals surface area contributed by atoms with Crippen LogP contribution in [0.5, 0.6) is 0 Å². The Morgan fingerprint density at radius 2 is 2.50 bits per heavy atom. The second-order valence-electron chi connectivity index (χ2n) is 2.83. The molecule has 0 aromatic carbocycles. The zero-order chi connectivity index (χ0) is 7.14. The molecule has 2 nitrogen and oxygen atoms in total. The Bertz CT molecular complexity index is 244. The van der Waals surface area contributed by atoms with Crippen molar-refractivity contribution in [2.45, 2.75) is 25.3 Å². The third-order valence-electron chi connectivity index (χ3n) is 1.79. The second-order valence-corrected chi connectivity index (χ2v) is 3.72. The Labute approximate surface area is 64.1 Å². The van der Waals surface area contributed by atoms with Crippen LogP contribution in [-0.4, -0.2) is 11.0 Å². The molecule has 0 spiro atoms. The molecule has 10 heavy (non-hydrogen) atoms. The van der Waals surface area contributed by atoms with Gasteiger partial charge in [-0.1, -0.05) is 0 Å². The van der Waals surface area contributed by atoms with Gasteiger partial charge in [-0.2, -0.15) is 0 Å². The summed E-state index contributed by atoms with van der Waals surface area (Å²) >= 11 is 1.73. The van der Waals surface area contributed by atoms with Crippen molar-refractivity contribution in [1.82, 2.24) is 4.98 Å². The topological polar surface area (TPSA) is 38.9 Å². The van der Waals surface area contributed by atoms with E-state index in [1.807, 2.05) is 6.92 Å². The minimum absolute atomic E-state index is 0.394. The van der Waals surface area contributed by atoms with Crippen LogP contribution in [0.4, 0.5) is 0 Å². The molecule has 1 aromatic rings. The molecule has 0 saturated heterocycles. The number of nitrogens with zero attached hydrogens (tertiary/aromatic N) is 1. The zero-order valence-corrected chi connectivity index (χ0v) is 6.69. The van der Waals surface area contributed by atoms with Crippen molar-refractivity contribution >= 4 is 11.3 Å². The minimum atomic E-state index is 0.394. The molecule has 0 bridgehead atoms. The van der Waals surface area contributed by atoms with Gasteiger partial charge >= 0.3 is 0 Å². The summed E-state index contributed by atoms with van der Waals surface area (Å²) < 4.78 is 0. The summed E-state index contributed by atoms with van der Waals surface area (Å²) in [6, 6.07) is 0.394. The molecule has 3 heteroatoms. The molecule has 0 amide bonds. The van der Waals surface area contributed by atoms with Crippen LogP contribution in [0.15, 0.2) is 5.38 Å². The van der Waals surface area contributed by atoms with Crippen molar-refractivity contribution in [3.05, 3.63) is 16.1 Å². The lowest BCUT2D eigenvalue weighted by molar-refractivity contribution is 0.967. The van der Waals surface area contributed by atoms with Crippen LogP contribution in [-0.2, 0) is 0 Å². The van der Waals surface area contributed by atoms with Crippen LogP contribution in [0.1, 0.15) is 23.0 Å². The first kappa shape index (κ1) is 6.31. The second kappa shape index (κ2) is 2.04. The quantitative estimate of drug-likeness (QED) is 0.661. The van der Waals surface area contributed by atoms with Crippen LogP contribution >= 0.6 is 11.3 Å². The molecule has 0 radical (unpaired) electrons. The molecular formula is C7H10N2S. The highest BCUT2D eigenvalue weighted by atomic mass is 32.1. The summed E-state index contributed by atoms with van der Waals surface area (Å²) in [7, 11) is 0.